The highest BCUT2D eigenvalue weighted by Gasteiger charge is 1.94. The lowest BCUT2D eigenvalue weighted by molar-refractivity contribution is 1.27. The minimum atomic E-state index is 1.04. The van der Waals surface area contributed by atoms with Gasteiger partial charge in [-0.2, -0.15) is 0 Å². The van der Waals surface area contributed by atoms with Crippen LogP contribution in [0.5, 0.6) is 0 Å². The van der Waals surface area contributed by atoms with Crippen molar-refractivity contribution in [2.75, 3.05) is 0 Å². The average Bonchev–Trinajstić information content (AvgIpc) is 2.08. The van der Waals surface area contributed by atoms with E-state index in [1.165, 1.54) is 11.1 Å². The fraction of sp³-hybridized carbons (Fsp3) is 0.250. The van der Waals surface area contributed by atoms with Crippen molar-refractivity contribution in [1.82, 2.24) is 4.98 Å². The lowest BCUT2D eigenvalue weighted by Crippen LogP contribution is -1.85. The molecule has 0 atom stereocenters. The summed E-state index contributed by atoms with van der Waals surface area (Å²) >= 11 is 0. The third kappa shape index (κ3) is 2.86. The van der Waals surface area contributed by atoms with Crippen molar-refractivity contribution >= 4 is 12.2 Å². The standard InChI is InChI=1S/C12H15N/c1-4-6-11-7-5-8-13-12(11)9-10(2)3/h4-9H,1-3H3/b6-4-. The van der Waals surface area contributed by atoms with Crippen molar-refractivity contribution in [2.45, 2.75) is 20.8 Å². The molecule has 0 aliphatic rings. The second-order valence-corrected chi connectivity index (χ2v) is 3.20. The van der Waals surface area contributed by atoms with Crippen molar-refractivity contribution in [1.29, 1.82) is 0 Å². The van der Waals surface area contributed by atoms with E-state index in [1.54, 1.807) is 0 Å². The fourth-order valence-corrected chi connectivity index (χ4v) is 1.14. The largest absolute Gasteiger partial charge is 0.256 e. The van der Waals surface area contributed by atoms with Crippen LogP contribution < -0.4 is 0 Å². The third-order valence-electron chi connectivity index (χ3n) is 1.64. The van der Waals surface area contributed by atoms with Crippen LogP contribution >= 0.6 is 0 Å². The van der Waals surface area contributed by atoms with Crippen LogP contribution in [0.25, 0.3) is 12.2 Å². The van der Waals surface area contributed by atoms with Crippen LogP contribution in [-0.4, -0.2) is 4.98 Å². The molecule has 1 nitrogen and oxygen atoms in total. The van der Waals surface area contributed by atoms with Gasteiger partial charge in [0.05, 0.1) is 5.69 Å². The van der Waals surface area contributed by atoms with Crippen LogP contribution in [-0.2, 0) is 0 Å². The minimum Gasteiger partial charge on any atom is -0.256 e. The summed E-state index contributed by atoms with van der Waals surface area (Å²) in [5.41, 5.74) is 3.48. The van der Waals surface area contributed by atoms with E-state index in [1.807, 2.05) is 25.3 Å². The Morgan fingerprint density at radius 2 is 2.15 bits per heavy atom. The van der Waals surface area contributed by atoms with E-state index in [-0.39, 0.29) is 0 Å². The molecule has 0 saturated heterocycles. The predicted octanol–water partition coefficient (Wildman–Crippen LogP) is 3.54. The van der Waals surface area contributed by atoms with Gasteiger partial charge in [-0.15, -0.1) is 0 Å². The molecule has 1 aromatic rings. The van der Waals surface area contributed by atoms with Gasteiger partial charge in [-0.1, -0.05) is 23.8 Å². The predicted molar refractivity (Wildman–Crippen MR) is 58.3 cm³/mol. The van der Waals surface area contributed by atoms with Gasteiger partial charge in [0.1, 0.15) is 0 Å². The molecule has 13 heavy (non-hydrogen) atoms. The van der Waals surface area contributed by atoms with E-state index in [0.717, 1.165) is 5.69 Å². The molecule has 0 amide bonds. The van der Waals surface area contributed by atoms with Crippen molar-refractivity contribution in [3.8, 4) is 0 Å². The van der Waals surface area contributed by atoms with Gasteiger partial charge in [-0.05, 0) is 38.5 Å². The minimum absolute atomic E-state index is 1.04. The van der Waals surface area contributed by atoms with E-state index in [0.29, 0.717) is 0 Å². The highest BCUT2D eigenvalue weighted by atomic mass is 14.7. The van der Waals surface area contributed by atoms with Crippen LogP contribution in [0.3, 0.4) is 0 Å². The maximum atomic E-state index is 4.31. The molecule has 0 unspecified atom stereocenters. The van der Waals surface area contributed by atoms with Crippen molar-refractivity contribution < 1.29 is 0 Å². The quantitative estimate of drug-likeness (QED) is 0.666. The number of allylic oxidation sites excluding steroid dienone is 2. The van der Waals surface area contributed by atoms with Gasteiger partial charge in [0.2, 0.25) is 0 Å². The van der Waals surface area contributed by atoms with Gasteiger partial charge < -0.3 is 0 Å². The second-order valence-electron chi connectivity index (χ2n) is 3.20. The zero-order valence-corrected chi connectivity index (χ0v) is 8.41. The SMILES string of the molecule is C/C=C\c1cccnc1C=C(C)C. The molecule has 0 bridgehead atoms. The van der Waals surface area contributed by atoms with Gasteiger partial charge in [-0.3, -0.25) is 4.98 Å². The topological polar surface area (TPSA) is 12.9 Å². The van der Waals surface area contributed by atoms with E-state index < -0.39 is 0 Å². The molecule has 1 aromatic heterocycles. The summed E-state index contributed by atoms with van der Waals surface area (Å²) in [5.74, 6) is 0. The Hall–Kier alpha value is -1.37. The molecule has 0 saturated carbocycles. The first-order chi connectivity index (χ1) is 6.24. The number of rotatable bonds is 2. The summed E-state index contributed by atoms with van der Waals surface area (Å²) in [4.78, 5) is 4.31. The van der Waals surface area contributed by atoms with Crippen LogP contribution in [0.4, 0.5) is 0 Å². The van der Waals surface area contributed by atoms with Crippen LogP contribution in [0.2, 0.25) is 0 Å². The Kier molecular flexibility index (Phi) is 3.44. The number of pyridine rings is 1. The molecule has 0 spiro atoms. The Morgan fingerprint density at radius 3 is 2.77 bits per heavy atom. The lowest BCUT2D eigenvalue weighted by Gasteiger charge is -1.99. The van der Waals surface area contributed by atoms with E-state index in [4.69, 9.17) is 0 Å². The number of hydrogen-bond donors (Lipinski definition) is 0. The number of hydrogen-bond acceptors (Lipinski definition) is 1. The summed E-state index contributed by atoms with van der Waals surface area (Å²) in [7, 11) is 0. The van der Waals surface area contributed by atoms with Crippen molar-refractivity contribution in [3.05, 3.63) is 41.2 Å². The number of nitrogens with zero attached hydrogens (tertiary/aromatic N) is 1. The molecule has 1 heterocycles. The number of aromatic nitrogens is 1. The normalized spacial score (nSPS) is 10.4. The van der Waals surface area contributed by atoms with Gasteiger partial charge in [0, 0.05) is 6.20 Å². The summed E-state index contributed by atoms with van der Waals surface area (Å²) in [6, 6.07) is 4.03. The average molecular weight is 173 g/mol. The van der Waals surface area contributed by atoms with E-state index in [9.17, 15) is 0 Å². The molecule has 1 rings (SSSR count). The summed E-state index contributed by atoms with van der Waals surface area (Å²) in [6.07, 6.45) is 8.01. The lowest BCUT2D eigenvalue weighted by atomic mass is 10.1. The van der Waals surface area contributed by atoms with Crippen molar-refractivity contribution in [2.24, 2.45) is 0 Å². The molecule has 0 aromatic carbocycles. The molecular formula is C12H15N. The van der Waals surface area contributed by atoms with E-state index in [2.05, 4.69) is 37.0 Å². The summed E-state index contributed by atoms with van der Waals surface area (Å²) in [5, 5.41) is 0. The first-order valence-corrected chi connectivity index (χ1v) is 4.46. The van der Waals surface area contributed by atoms with Crippen LogP contribution in [0.15, 0.2) is 30.0 Å². The van der Waals surface area contributed by atoms with Gasteiger partial charge in [-0.25, -0.2) is 0 Å². The molecule has 0 fully saturated rings. The fourth-order valence-electron chi connectivity index (χ4n) is 1.14. The van der Waals surface area contributed by atoms with Crippen LogP contribution in [0.1, 0.15) is 32.0 Å². The monoisotopic (exact) mass is 173 g/mol. The summed E-state index contributed by atoms with van der Waals surface area (Å²) < 4.78 is 0. The molecule has 0 aliphatic carbocycles. The molecule has 0 aliphatic heterocycles. The van der Waals surface area contributed by atoms with Gasteiger partial charge >= 0.3 is 0 Å². The molecular weight excluding hydrogens is 158 g/mol. The molecule has 0 radical (unpaired) electrons. The Balaban J connectivity index is 3.12. The third-order valence-corrected chi connectivity index (χ3v) is 1.64. The molecule has 0 N–H and O–H groups in total. The smallest absolute Gasteiger partial charge is 0.0701 e. The van der Waals surface area contributed by atoms with Crippen molar-refractivity contribution in [3.63, 3.8) is 0 Å². The molecule has 68 valence electrons. The summed E-state index contributed by atoms with van der Waals surface area (Å²) in [6.45, 7) is 6.17. The highest BCUT2D eigenvalue weighted by molar-refractivity contribution is 5.62. The first kappa shape index (κ1) is 9.72. The maximum absolute atomic E-state index is 4.31. The van der Waals surface area contributed by atoms with Gasteiger partial charge in [0.25, 0.3) is 0 Å². The molecule has 1 heteroatoms. The zero-order chi connectivity index (χ0) is 9.68. The second kappa shape index (κ2) is 4.61. The Bertz CT molecular complexity index is 331. The van der Waals surface area contributed by atoms with Crippen LogP contribution in [0, 0.1) is 0 Å². The van der Waals surface area contributed by atoms with E-state index >= 15 is 0 Å². The Morgan fingerprint density at radius 1 is 1.38 bits per heavy atom. The Labute approximate surface area is 79.8 Å². The zero-order valence-electron chi connectivity index (χ0n) is 8.41. The first-order valence-electron chi connectivity index (χ1n) is 4.46. The maximum Gasteiger partial charge on any atom is 0.0701 e. The van der Waals surface area contributed by atoms with Gasteiger partial charge in [0.15, 0.2) is 0 Å². The highest BCUT2D eigenvalue weighted by Crippen LogP contribution is 2.11.